The Morgan fingerprint density at radius 1 is 0.774 bits per heavy atom. The number of likely N-dealkylation sites (N-methyl/N-ethyl adjacent to an activating group) is 2. The van der Waals surface area contributed by atoms with E-state index in [9.17, 15) is 24.9 Å². The van der Waals surface area contributed by atoms with Crippen molar-refractivity contribution in [1.82, 2.24) is 44.9 Å². The van der Waals surface area contributed by atoms with E-state index in [1.807, 2.05) is 38.1 Å². The minimum absolute atomic E-state index is 0.00768. The molecule has 434 valence electrons. The third-order valence-corrected chi connectivity index (χ3v) is 17.4. The Morgan fingerprint density at radius 3 is 2.07 bits per heavy atom. The summed E-state index contributed by atoms with van der Waals surface area (Å²) in [5, 5.41) is 27.2. The predicted octanol–water partition coefficient (Wildman–Crippen LogP) is 7.73. The van der Waals surface area contributed by atoms with E-state index in [1.165, 1.54) is 17.7 Å². The van der Waals surface area contributed by atoms with E-state index in [2.05, 4.69) is 126 Å². The molecular weight excluding hydrogens is 1060 g/mol. The minimum Gasteiger partial charge on any atom is -0.469 e. The molecule has 0 spiro atoms. The van der Waals surface area contributed by atoms with Gasteiger partial charge < -0.3 is 44.0 Å². The van der Waals surface area contributed by atoms with Gasteiger partial charge in [0.05, 0.1) is 48.2 Å². The van der Waals surface area contributed by atoms with Crippen LogP contribution in [0, 0.1) is 28.6 Å². The van der Waals surface area contributed by atoms with E-state index >= 15 is 0 Å². The average Bonchev–Trinajstić information content (AvgIpc) is 4.05. The number of ether oxygens (including phenoxy) is 3. The molecule has 84 heavy (non-hydrogen) atoms. The number of nitriles is 2. The first-order valence-corrected chi connectivity index (χ1v) is 29.3. The molecule has 0 radical (unpaired) electrons. The van der Waals surface area contributed by atoms with Crippen LogP contribution in [0.4, 0.5) is 11.6 Å². The predicted molar refractivity (Wildman–Crippen MR) is 321 cm³/mol. The number of carbonyl (C=O) groups is 3. The fraction of sp³-hybridized carbons (Fsp3) is 0.431. The molecule has 3 amide bonds. The lowest BCUT2D eigenvalue weighted by Crippen LogP contribution is -2.55. The fourth-order valence-electron chi connectivity index (χ4n) is 13.3. The maximum Gasteiger partial charge on any atom is 0.321 e. The number of amides is 3. The Balaban J connectivity index is 0.866. The van der Waals surface area contributed by atoms with E-state index in [0.717, 1.165) is 56.8 Å². The van der Waals surface area contributed by atoms with Crippen molar-refractivity contribution in [3.8, 4) is 29.9 Å². The van der Waals surface area contributed by atoms with Crippen LogP contribution in [0.3, 0.4) is 0 Å². The summed E-state index contributed by atoms with van der Waals surface area (Å²) in [7, 11) is 6.03. The SMILES string of the molecule is C=CC(=O)N1CCN(c2nc(C(=O)N[C@H](C)CN(C)C)nc3c2CCC(c2cc(C4C[C@@H](COc5nc6c(c(N7CCN(C(=O)C=C)[C@@H](CC#N)C7)n5)CC(C)C(c5cccc7ccccc57)O6)N(C)C4)cc4ccccc24)O3)C[C@@H]1CC#N. The zero-order valence-electron chi connectivity index (χ0n) is 48.6. The highest BCUT2D eigenvalue weighted by Gasteiger charge is 2.40. The highest BCUT2D eigenvalue weighted by molar-refractivity contribution is 5.92. The van der Waals surface area contributed by atoms with Crippen molar-refractivity contribution < 1.29 is 28.6 Å². The molecule has 4 aromatic carbocycles. The summed E-state index contributed by atoms with van der Waals surface area (Å²) >= 11 is 0. The van der Waals surface area contributed by atoms with Gasteiger partial charge in [-0.1, -0.05) is 98.9 Å². The zero-order chi connectivity index (χ0) is 58.8. The fourth-order valence-corrected chi connectivity index (χ4v) is 13.3. The Morgan fingerprint density at radius 2 is 1.40 bits per heavy atom. The Hall–Kier alpha value is -8.65. The molecule has 0 saturated carbocycles. The van der Waals surface area contributed by atoms with Crippen LogP contribution in [-0.2, 0) is 22.4 Å². The quantitative estimate of drug-likeness (QED) is 0.0920. The van der Waals surface area contributed by atoms with Gasteiger partial charge in [0.25, 0.3) is 5.91 Å². The molecule has 19 nitrogen and oxygen atoms in total. The molecule has 8 atom stereocenters. The van der Waals surface area contributed by atoms with Crippen LogP contribution in [0.2, 0.25) is 0 Å². The van der Waals surface area contributed by atoms with Gasteiger partial charge in [0.2, 0.25) is 29.4 Å². The largest absolute Gasteiger partial charge is 0.469 e. The van der Waals surface area contributed by atoms with E-state index < -0.39 is 18.1 Å². The average molecular weight is 1130 g/mol. The van der Waals surface area contributed by atoms with Gasteiger partial charge in [0.15, 0.2) is 0 Å². The normalized spacial score (nSPS) is 22.7. The second kappa shape index (κ2) is 24.7. The molecule has 7 heterocycles. The van der Waals surface area contributed by atoms with Crippen LogP contribution in [0.25, 0.3) is 21.5 Å². The van der Waals surface area contributed by atoms with Gasteiger partial charge in [-0.15, -0.1) is 0 Å². The first-order chi connectivity index (χ1) is 40.7. The number of nitrogens with zero attached hydrogens (tertiary/aromatic N) is 12. The molecule has 3 saturated heterocycles. The van der Waals surface area contributed by atoms with Crippen LogP contribution < -0.4 is 29.3 Å². The van der Waals surface area contributed by atoms with Gasteiger partial charge >= 0.3 is 6.01 Å². The molecule has 3 fully saturated rings. The minimum atomic E-state index is -0.418. The number of rotatable bonds is 16. The van der Waals surface area contributed by atoms with E-state index in [4.69, 9.17) is 34.1 Å². The van der Waals surface area contributed by atoms with Crippen LogP contribution >= 0.6 is 0 Å². The number of hydrogen-bond acceptors (Lipinski definition) is 16. The third-order valence-electron chi connectivity index (χ3n) is 17.4. The molecule has 6 aromatic rings. The lowest BCUT2D eigenvalue weighted by atomic mass is 9.87. The second-order valence-electron chi connectivity index (χ2n) is 23.4. The molecule has 11 rings (SSSR count). The van der Waals surface area contributed by atoms with Gasteiger partial charge in [-0.2, -0.15) is 25.5 Å². The molecule has 4 unspecified atom stereocenters. The van der Waals surface area contributed by atoms with Crippen molar-refractivity contribution in [2.75, 3.05) is 89.9 Å². The molecule has 1 N–H and O–H groups in total. The Bertz CT molecular complexity index is 3590. The summed E-state index contributed by atoms with van der Waals surface area (Å²) in [5.41, 5.74) is 4.97. The molecule has 19 heteroatoms. The lowest BCUT2D eigenvalue weighted by Gasteiger charge is -2.42. The van der Waals surface area contributed by atoms with Crippen molar-refractivity contribution in [2.45, 2.75) is 94.7 Å². The number of piperazine rings is 2. The maximum absolute atomic E-state index is 14.0. The van der Waals surface area contributed by atoms with Crippen LogP contribution in [0.5, 0.6) is 17.8 Å². The van der Waals surface area contributed by atoms with Crippen molar-refractivity contribution in [3.05, 3.63) is 138 Å². The molecule has 2 aromatic heterocycles. The van der Waals surface area contributed by atoms with Crippen molar-refractivity contribution in [1.29, 1.82) is 10.5 Å². The highest BCUT2D eigenvalue weighted by Crippen LogP contribution is 2.46. The van der Waals surface area contributed by atoms with Crippen LogP contribution in [0.15, 0.2) is 104 Å². The van der Waals surface area contributed by atoms with Gasteiger partial charge in [0, 0.05) is 81.5 Å². The van der Waals surface area contributed by atoms with Crippen LogP contribution in [0.1, 0.15) is 96.1 Å². The summed E-state index contributed by atoms with van der Waals surface area (Å²) in [6.07, 6.45) is 4.85. The number of anilines is 2. The number of benzene rings is 4. The van der Waals surface area contributed by atoms with Gasteiger partial charge in [-0.3, -0.25) is 19.3 Å². The van der Waals surface area contributed by atoms with Crippen LogP contribution in [-0.4, -0.2) is 162 Å². The standard InChI is InChI=1S/C65H73N13O6/c1-8-56(79)77-29-27-75(37-46(77)23-25-66)60-52-21-22-55(83-63(52)70-59(69-60)62(81)68-41(4)35-73(5)6)53-34-44(32-43-16-11-13-19-50(43)53)45-33-48(74(7)36-45)39-82-65-71-61(76-28-30-78(57(80)9-2)47(38-76)24-26-67)54-31-40(3)58(84-64(54)72-65)51-20-14-17-42-15-10-12-18-49(42)51/h8-20,32,34,40-41,45-48,55,58H,1-2,21-24,27-31,33,35-39H2,3-7H3,(H,68,81)/t40?,41-,45?,46+,47+,48+,55?,58?/m1/s1. The summed E-state index contributed by atoms with van der Waals surface area (Å²) in [6.45, 7) is 15.7. The monoisotopic (exact) mass is 1130 g/mol. The molecule has 0 aliphatic carbocycles. The van der Waals surface area contributed by atoms with Gasteiger partial charge in [-0.25, -0.2) is 4.98 Å². The first kappa shape index (κ1) is 57.2. The molecule has 5 aliphatic rings. The number of nitrogens with one attached hydrogen (secondary N) is 1. The summed E-state index contributed by atoms with van der Waals surface area (Å²) < 4.78 is 20.7. The maximum atomic E-state index is 14.0. The molecule has 5 aliphatic heterocycles. The molecular formula is C65H73N13O6. The third kappa shape index (κ3) is 11.7. The Labute approximate surface area is 491 Å². The lowest BCUT2D eigenvalue weighted by molar-refractivity contribution is -0.129. The van der Waals surface area contributed by atoms with Crippen molar-refractivity contribution in [3.63, 3.8) is 0 Å². The zero-order valence-corrected chi connectivity index (χ0v) is 48.6. The number of likely N-dealkylation sites (tertiary alicyclic amines) is 1. The number of aromatic nitrogens is 4. The number of fused-ring (bicyclic) bond motifs is 4. The number of hydrogen-bond donors (Lipinski definition) is 1. The molecule has 0 bridgehead atoms. The van der Waals surface area contributed by atoms with E-state index in [0.29, 0.717) is 95.1 Å². The number of carbonyl (C=O) groups excluding carboxylic acids is 3. The first-order valence-electron chi connectivity index (χ1n) is 29.3. The van der Waals surface area contributed by atoms with E-state index in [1.54, 1.807) is 9.80 Å². The second-order valence-corrected chi connectivity index (χ2v) is 23.4. The summed E-state index contributed by atoms with van der Waals surface area (Å²) in [5.74, 6) is 1.45. The topological polar surface area (TPSA) is 210 Å². The Kier molecular flexibility index (Phi) is 16.8. The van der Waals surface area contributed by atoms with Gasteiger partial charge in [0.1, 0.15) is 30.5 Å². The van der Waals surface area contributed by atoms with Crippen molar-refractivity contribution >= 4 is 50.9 Å². The summed E-state index contributed by atoms with van der Waals surface area (Å²) in [6, 6.07) is 31.4. The smallest absolute Gasteiger partial charge is 0.321 e. The van der Waals surface area contributed by atoms with E-state index in [-0.39, 0.29) is 72.6 Å². The highest BCUT2D eigenvalue weighted by atomic mass is 16.5. The van der Waals surface area contributed by atoms with Gasteiger partial charge in [-0.05, 0) is 98.9 Å². The summed E-state index contributed by atoms with van der Waals surface area (Å²) in [4.78, 5) is 71.8. The van der Waals surface area contributed by atoms with Crippen molar-refractivity contribution in [2.24, 2.45) is 5.92 Å².